The number of anilines is 1. The number of benzene rings is 2. The molecule has 1 N–H and O–H groups in total. The molecule has 0 spiro atoms. The van der Waals surface area contributed by atoms with Crippen LogP contribution in [0.25, 0.3) is 0 Å². The molecule has 0 aromatic heterocycles. The van der Waals surface area contributed by atoms with Gasteiger partial charge in [0.2, 0.25) is 0 Å². The molecule has 2 rings (SSSR count). The maximum atomic E-state index is 12.8. The van der Waals surface area contributed by atoms with Crippen molar-refractivity contribution >= 4 is 11.5 Å². The molecule has 3 nitrogen and oxygen atoms in total. The predicted molar refractivity (Wildman–Crippen MR) is 77.0 cm³/mol. The van der Waals surface area contributed by atoms with Crippen molar-refractivity contribution in [1.82, 2.24) is 0 Å². The lowest BCUT2D eigenvalue weighted by Gasteiger charge is -2.10. The topological polar surface area (TPSA) is 38.3 Å². The molecule has 0 aliphatic rings. The second kappa shape index (κ2) is 6.19. The number of aryl methyl sites for hydroxylation is 1. The first kappa shape index (κ1) is 14.1. The van der Waals surface area contributed by atoms with E-state index in [0.29, 0.717) is 17.0 Å². The van der Waals surface area contributed by atoms with Crippen molar-refractivity contribution in [2.75, 3.05) is 19.0 Å². The van der Waals surface area contributed by atoms with Crippen LogP contribution in [0.15, 0.2) is 42.5 Å². The quantitative estimate of drug-likeness (QED) is 0.848. The summed E-state index contributed by atoms with van der Waals surface area (Å²) in [6, 6.07) is 11.4. The molecule has 0 aliphatic heterocycles. The van der Waals surface area contributed by atoms with Gasteiger partial charge in [-0.15, -0.1) is 0 Å². The van der Waals surface area contributed by atoms with Crippen molar-refractivity contribution in [3.8, 4) is 5.75 Å². The number of halogens is 1. The van der Waals surface area contributed by atoms with Crippen molar-refractivity contribution in [2.45, 2.75) is 6.92 Å². The highest BCUT2D eigenvalue weighted by atomic mass is 19.1. The maximum absolute atomic E-state index is 12.8. The molecule has 0 fully saturated rings. The number of ether oxygens (including phenoxy) is 1. The molecule has 0 radical (unpaired) electrons. The Morgan fingerprint density at radius 2 is 1.90 bits per heavy atom. The largest absolute Gasteiger partial charge is 0.496 e. The van der Waals surface area contributed by atoms with Gasteiger partial charge in [0.25, 0.3) is 0 Å². The van der Waals surface area contributed by atoms with E-state index in [1.807, 2.05) is 13.0 Å². The molecule has 0 saturated heterocycles. The zero-order chi connectivity index (χ0) is 14.5. The number of methoxy groups -OCH3 is 1. The van der Waals surface area contributed by atoms with Crippen molar-refractivity contribution in [3.63, 3.8) is 0 Å². The summed E-state index contributed by atoms with van der Waals surface area (Å²) in [7, 11) is 1.54. The summed E-state index contributed by atoms with van der Waals surface area (Å²) in [6.45, 7) is 2.05. The Hall–Kier alpha value is -2.36. The lowest BCUT2D eigenvalue weighted by molar-refractivity contribution is 0.100. The van der Waals surface area contributed by atoms with Crippen LogP contribution in [-0.4, -0.2) is 19.4 Å². The van der Waals surface area contributed by atoms with Crippen LogP contribution in [0.3, 0.4) is 0 Å². The van der Waals surface area contributed by atoms with Crippen molar-refractivity contribution in [3.05, 3.63) is 59.4 Å². The van der Waals surface area contributed by atoms with E-state index in [4.69, 9.17) is 4.74 Å². The Kier molecular flexibility index (Phi) is 4.35. The molecule has 0 atom stereocenters. The maximum Gasteiger partial charge on any atom is 0.185 e. The highest BCUT2D eigenvalue weighted by Gasteiger charge is 2.12. The van der Waals surface area contributed by atoms with E-state index in [-0.39, 0.29) is 18.1 Å². The molecule has 0 amide bonds. The molecule has 0 heterocycles. The van der Waals surface area contributed by atoms with Gasteiger partial charge in [0.1, 0.15) is 11.6 Å². The van der Waals surface area contributed by atoms with Crippen LogP contribution in [0.4, 0.5) is 10.1 Å². The van der Waals surface area contributed by atoms with E-state index in [9.17, 15) is 9.18 Å². The Morgan fingerprint density at radius 3 is 2.55 bits per heavy atom. The molecular formula is C16H16FNO2. The van der Waals surface area contributed by atoms with Gasteiger partial charge in [-0.25, -0.2) is 4.39 Å². The Morgan fingerprint density at radius 1 is 1.20 bits per heavy atom. The fourth-order valence-electron chi connectivity index (χ4n) is 1.89. The van der Waals surface area contributed by atoms with E-state index < -0.39 is 0 Å². The summed E-state index contributed by atoms with van der Waals surface area (Å²) < 4.78 is 18.0. The van der Waals surface area contributed by atoms with Gasteiger partial charge in [0.15, 0.2) is 5.78 Å². The van der Waals surface area contributed by atoms with Gasteiger partial charge < -0.3 is 10.1 Å². The van der Waals surface area contributed by atoms with Crippen LogP contribution in [-0.2, 0) is 0 Å². The molecule has 0 bridgehead atoms. The fraction of sp³-hybridized carbons (Fsp3) is 0.188. The summed E-state index contributed by atoms with van der Waals surface area (Å²) in [6.07, 6.45) is 0. The first-order valence-electron chi connectivity index (χ1n) is 6.27. The average Bonchev–Trinajstić information content (AvgIpc) is 2.46. The molecule has 0 aliphatic carbocycles. The van der Waals surface area contributed by atoms with Gasteiger partial charge in [0, 0.05) is 5.69 Å². The molecule has 2 aromatic rings. The second-order valence-corrected chi connectivity index (χ2v) is 4.49. The average molecular weight is 273 g/mol. The first-order chi connectivity index (χ1) is 9.60. The predicted octanol–water partition coefficient (Wildman–Crippen LogP) is 3.44. The smallest absolute Gasteiger partial charge is 0.185 e. The zero-order valence-electron chi connectivity index (χ0n) is 11.4. The number of Topliss-reactive ketones (excluding diaryl/α,β-unsaturated/α-hetero) is 1. The summed E-state index contributed by atoms with van der Waals surface area (Å²) in [4.78, 5) is 12.2. The second-order valence-electron chi connectivity index (χ2n) is 4.49. The Balaban J connectivity index is 2.08. The lowest BCUT2D eigenvalue weighted by atomic mass is 10.1. The van der Waals surface area contributed by atoms with Gasteiger partial charge in [0.05, 0.1) is 19.2 Å². The standard InChI is InChI=1S/C16H16FNO2/c1-11-3-8-16(20-2)14(9-11)15(19)10-18-13-6-4-12(17)5-7-13/h3-9,18H,10H2,1-2H3. The summed E-state index contributed by atoms with van der Waals surface area (Å²) in [5.41, 5.74) is 2.24. The normalized spacial score (nSPS) is 10.2. The summed E-state index contributed by atoms with van der Waals surface area (Å²) in [5.74, 6) is 0.179. The molecule has 104 valence electrons. The minimum absolute atomic E-state index is 0.0742. The molecule has 0 unspecified atom stereocenters. The molecule has 2 aromatic carbocycles. The van der Waals surface area contributed by atoms with Crippen LogP contribution >= 0.6 is 0 Å². The van der Waals surface area contributed by atoms with E-state index in [2.05, 4.69) is 5.32 Å². The summed E-state index contributed by atoms with van der Waals surface area (Å²) >= 11 is 0. The van der Waals surface area contributed by atoms with Crippen LogP contribution in [0.2, 0.25) is 0 Å². The van der Waals surface area contributed by atoms with Gasteiger partial charge in [-0.1, -0.05) is 11.6 Å². The Labute approximate surface area is 117 Å². The van der Waals surface area contributed by atoms with Gasteiger partial charge in [-0.3, -0.25) is 4.79 Å². The number of hydrogen-bond donors (Lipinski definition) is 1. The number of nitrogens with one attached hydrogen (secondary N) is 1. The number of carbonyl (C=O) groups is 1. The van der Waals surface area contributed by atoms with Gasteiger partial charge >= 0.3 is 0 Å². The number of carbonyl (C=O) groups excluding carboxylic acids is 1. The Bertz CT molecular complexity index is 608. The van der Waals surface area contributed by atoms with Crippen molar-refractivity contribution < 1.29 is 13.9 Å². The van der Waals surface area contributed by atoms with Gasteiger partial charge in [-0.2, -0.15) is 0 Å². The molecular weight excluding hydrogens is 257 g/mol. The third-order valence-electron chi connectivity index (χ3n) is 2.95. The van der Waals surface area contributed by atoms with Crippen LogP contribution in [0, 0.1) is 12.7 Å². The van der Waals surface area contributed by atoms with Crippen LogP contribution < -0.4 is 10.1 Å². The van der Waals surface area contributed by atoms with E-state index in [0.717, 1.165) is 5.56 Å². The molecule has 4 heteroatoms. The molecule has 20 heavy (non-hydrogen) atoms. The SMILES string of the molecule is COc1ccc(C)cc1C(=O)CNc1ccc(F)cc1. The number of hydrogen-bond acceptors (Lipinski definition) is 3. The van der Waals surface area contributed by atoms with Crippen molar-refractivity contribution in [1.29, 1.82) is 0 Å². The third-order valence-corrected chi connectivity index (χ3v) is 2.95. The highest BCUT2D eigenvalue weighted by molar-refractivity contribution is 6.01. The fourth-order valence-corrected chi connectivity index (χ4v) is 1.89. The minimum atomic E-state index is -0.303. The van der Waals surface area contributed by atoms with Crippen LogP contribution in [0.1, 0.15) is 15.9 Å². The number of rotatable bonds is 5. The summed E-state index contributed by atoms with van der Waals surface area (Å²) in [5, 5.41) is 2.97. The first-order valence-corrected chi connectivity index (χ1v) is 6.27. The van der Waals surface area contributed by atoms with Crippen LogP contribution in [0.5, 0.6) is 5.75 Å². The third kappa shape index (κ3) is 3.35. The monoisotopic (exact) mass is 273 g/mol. The number of ketones is 1. The van der Waals surface area contributed by atoms with Crippen molar-refractivity contribution in [2.24, 2.45) is 0 Å². The highest BCUT2D eigenvalue weighted by Crippen LogP contribution is 2.20. The van der Waals surface area contributed by atoms with Gasteiger partial charge in [-0.05, 0) is 43.3 Å². The molecule has 0 saturated carbocycles. The van der Waals surface area contributed by atoms with E-state index in [1.54, 1.807) is 24.3 Å². The zero-order valence-corrected chi connectivity index (χ0v) is 11.4. The van der Waals surface area contributed by atoms with E-state index >= 15 is 0 Å². The minimum Gasteiger partial charge on any atom is -0.496 e. The lowest BCUT2D eigenvalue weighted by Crippen LogP contribution is -2.15. The van der Waals surface area contributed by atoms with E-state index in [1.165, 1.54) is 19.2 Å².